The number of alkyl halides is 3. The van der Waals surface area contributed by atoms with Gasteiger partial charge < -0.3 is 5.32 Å². The van der Waals surface area contributed by atoms with E-state index in [1.54, 1.807) is 23.3 Å². The van der Waals surface area contributed by atoms with Crippen molar-refractivity contribution >= 4 is 5.82 Å². The van der Waals surface area contributed by atoms with Crippen LogP contribution in [-0.4, -0.2) is 27.5 Å². The van der Waals surface area contributed by atoms with E-state index >= 15 is 0 Å². The lowest BCUT2D eigenvalue weighted by atomic mass is 10.1. The van der Waals surface area contributed by atoms with Crippen LogP contribution in [0.2, 0.25) is 0 Å². The highest BCUT2D eigenvalue weighted by Gasteiger charge is 2.27. The SMILES string of the molecule is C[C@@H](c1ccncc1)n1ccc(NCC(F)(F)F)n1. The molecule has 102 valence electrons. The van der Waals surface area contributed by atoms with E-state index in [0.717, 1.165) is 5.56 Å². The van der Waals surface area contributed by atoms with Crippen molar-refractivity contribution in [1.82, 2.24) is 14.8 Å². The first kappa shape index (κ1) is 13.4. The van der Waals surface area contributed by atoms with Crippen molar-refractivity contribution in [2.45, 2.75) is 19.1 Å². The Balaban J connectivity index is 2.05. The van der Waals surface area contributed by atoms with Crippen LogP contribution in [0.25, 0.3) is 0 Å². The van der Waals surface area contributed by atoms with Gasteiger partial charge in [0.1, 0.15) is 12.4 Å². The van der Waals surface area contributed by atoms with Crippen LogP contribution in [-0.2, 0) is 0 Å². The number of nitrogens with one attached hydrogen (secondary N) is 1. The normalized spacial score (nSPS) is 13.3. The second kappa shape index (κ2) is 5.29. The summed E-state index contributed by atoms with van der Waals surface area (Å²) in [6.07, 6.45) is 0.723. The Bertz CT molecular complexity index is 521. The van der Waals surface area contributed by atoms with Gasteiger partial charge in [0.2, 0.25) is 0 Å². The smallest absolute Gasteiger partial charge is 0.360 e. The van der Waals surface area contributed by atoms with Crippen LogP contribution in [0.5, 0.6) is 0 Å². The minimum absolute atomic E-state index is 0.0653. The molecular formula is C12H13F3N4. The maximum atomic E-state index is 12.1. The fourth-order valence-electron chi connectivity index (χ4n) is 1.63. The van der Waals surface area contributed by atoms with Gasteiger partial charge in [-0.05, 0) is 24.6 Å². The molecule has 2 heterocycles. The van der Waals surface area contributed by atoms with Gasteiger partial charge in [0.25, 0.3) is 0 Å². The number of aromatic nitrogens is 3. The molecule has 0 aliphatic rings. The average molecular weight is 270 g/mol. The molecule has 0 amide bonds. The molecule has 19 heavy (non-hydrogen) atoms. The molecule has 0 aliphatic carbocycles. The van der Waals surface area contributed by atoms with Gasteiger partial charge in [-0.3, -0.25) is 9.67 Å². The number of anilines is 1. The molecule has 0 bridgehead atoms. The van der Waals surface area contributed by atoms with Gasteiger partial charge in [0, 0.05) is 24.7 Å². The molecule has 0 unspecified atom stereocenters. The van der Waals surface area contributed by atoms with Gasteiger partial charge in [0.15, 0.2) is 0 Å². The first-order valence-corrected chi connectivity index (χ1v) is 5.71. The molecule has 0 aliphatic heterocycles. The highest BCUT2D eigenvalue weighted by molar-refractivity contribution is 5.33. The Hall–Kier alpha value is -2.05. The van der Waals surface area contributed by atoms with Crippen LogP contribution >= 0.6 is 0 Å². The van der Waals surface area contributed by atoms with Crippen LogP contribution in [0.4, 0.5) is 19.0 Å². The van der Waals surface area contributed by atoms with Crippen LogP contribution in [0.1, 0.15) is 18.5 Å². The molecule has 0 saturated heterocycles. The largest absolute Gasteiger partial charge is 0.405 e. The second-order valence-electron chi connectivity index (χ2n) is 4.11. The van der Waals surface area contributed by atoms with E-state index in [2.05, 4.69) is 15.4 Å². The summed E-state index contributed by atoms with van der Waals surface area (Å²) in [7, 11) is 0. The third kappa shape index (κ3) is 3.70. The summed E-state index contributed by atoms with van der Waals surface area (Å²) in [5.41, 5.74) is 0.987. The summed E-state index contributed by atoms with van der Waals surface area (Å²) >= 11 is 0. The van der Waals surface area contributed by atoms with Gasteiger partial charge in [0.05, 0.1) is 6.04 Å². The van der Waals surface area contributed by atoms with E-state index in [-0.39, 0.29) is 11.9 Å². The van der Waals surface area contributed by atoms with Crippen LogP contribution in [0.15, 0.2) is 36.8 Å². The van der Waals surface area contributed by atoms with Gasteiger partial charge in [-0.2, -0.15) is 18.3 Å². The molecule has 4 nitrogen and oxygen atoms in total. The Labute approximate surface area is 108 Å². The first-order valence-electron chi connectivity index (χ1n) is 5.71. The van der Waals surface area contributed by atoms with Crippen molar-refractivity contribution in [3.63, 3.8) is 0 Å². The number of pyridine rings is 1. The molecule has 0 spiro atoms. The Kier molecular flexibility index (Phi) is 3.73. The monoisotopic (exact) mass is 270 g/mol. The third-order valence-electron chi connectivity index (χ3n) is 2.66. The molecule has 0 saturated carbocycles. The fourth-order valence-corrected chi connectivity index (χ4v) is 1.63. The zero-order valence-corrected chi connectivity index (χ0v) is 10.2. The first-order chi connectivity index (χ1) is 8.96. The summed E-state index contributed by atoms with van der Waals surface area (Å²) in [5.74, 6) is 0.207. The number of hydrogen-bond acceptors (Lipinski definition) is 3. The number of rotatable bonds is 4. The lowest BCUT2D eigenvalue weighted by molar-refractivity contribution is -0.115. The van der Waals surface area contributed by atoms with Crippen LogP contribution in [0.3, 0.4) is 0 Å². The highest BCUT2D eigenvalue weighted by Crippen LogP contribution is 2.19. The molecule has 2 aromatic heterocycles. The zero-order chi connectivity index (χ0) is 13.9. The second-order valence-corrected chi connectivity index (χ2v) is 4.11. The molecule has 2 aromatic rings. The van der Waals surface area contributed by atoms with Gasteiger partial charge in [-0.25, -0.2) is 0 Å². The quantitative estimate of drug-likeness (QED) is 0.929. The summed E-state index contributed by atoms with van der Waals surface area (Å²) in [6, 6.07) is 5.14. The lowest BCUT2D eigenvalue weighted by Gasteiger charge is -2.12. The predicted molar refractivity (Wildman–Crippen MR) is 64.8 cm³/mol. The van der Waals surface area contributed by atoms with Crippen LogP contribution < -0.4 is 5.32 Å². The predicted octanol–water partition coefficient (Wildman–Crippen LogP) is 2.86. The molecule has 0 aromatic carbocycles. The van der Waals surface area contributed by atoms with E-state index in [4.69, 9.17) is 0 Å². The summed E-state index contributed by atoms with van der Waals surface area (Å²) in [6.45, 7) is 0.823. The average Bonchev–Trinajstić information content (AvgIpc) is 2.84. The molecule has 0 radical (unpaired) electrons. The summed E-state index contributed by atoms with van der Waals surface area (Å²) < 4.78 is 37.8. The summed E-state index contributed by atoms with van der Waals surface area (Å²) in [5, 5.41) is 6.32. The van der Waals surface area contributed by atoms with E-state index in [1.807, 2.05) is 19.1 Å². The van der Waals surface area contributed by atoms with E-state index in [1.165, 1.54) is 6.07 Å². The topological polar surface area (TPSA) is 42.7 Å². The van der Waals surface area contributed by atoms with E-state index in [0.29, 0.717) is 0 Å². The molecule has 1 N–H and O–H groups in total. The Morgan fingerprint density at radius 3 is 2.58 bits per heavy atom. The van der Waals surface area contributed by atoms with Crippen molar-refractivity contribution in [1.29, 1.82) is 0 Å². The van der Waals surface area contributed by atoms with Crippen LogP contribution in [0, 0.1) is 0 Å². The maximum absolute atomic E-state index is 12.1. The fraction of sp³-hybridized carbons (Fsp3) is 0.333. The standard InChI is InChI=1S/C12H13F3N4/c1-9(10-2-5-16-6-3-10)19-7-4-11(18-19)17-8-12(13,14)15/h2-7,9H,8H2,1H3,(H,17,18)/t9-/m0/s1. The van der Waals surface area contributed by atoms with Gasteiger partial charge in [-0.1, -0.05) is 0 Å². The van der Waals surface area contributed by atoms with Crippen molar-refractivity contribution in [2.75, 3.05) is 11.9 Å². The van der Waals surface area contributed by atoms with Crippen molar-refractivity contribution in [2.24, 2.45) is 0 Å². The van der Waals surface area contributed by atoms with E-state index < -0.39 is 12.7 Å². The number of nitrogens with zero attached hydrogens (tertiary/aromatic N) is 3. The molecule has 1 atom stereocenters. The van der Waals surface area contributed by atoms with Gasteiger partial charge in [-0.15, -0.1) is 0 Å². The molecule has 7 heteroatoms. The number of halogens is 3. The molecule has 2 rings (SSSR count). The Morgan fingerprint density at radius 1 is 1.26 bits per heavy atom. The maximum Gasteiger partial charge on any atom is 0.405 e. The Morgan fingerprint density at radius 2 is 1.95 bits per heavy atom. The van der Waals surface area contributed by atoms with Gasteiger partial charge >= 0.3 is 6.18 Å². The zero-order valence-electron chi connectivity index (χ0n) is 10.2. The number of hydrogen-bond donors (Lipinski definition) is 1. The summed E-state index contributed by atoms with van der Waals surface area (Å²) in [4.78, 5) is 3.92. The van der Waals surface area contributed by atoms with E-state index in [9.17, 15) is 13.2 Å². The highest BCUT2D eigenvalue weighted by atomic mass is 19.4. The third-order valence-corrected chi connectivity index (χ3v) is 2.66. The van der Waals surface area contributed by atoms with Crippen molar-refractivity contribution in [3.8, 4) is 0 Å². The van der Waals surface area contributed by atoms with Crippen molar-refractivity contribution < 1.29 is 13.2 Å². The molecular weight excluding hydrogens is 257 g/mol. The minimum Gasteiger partial charge on any atom is -0.360 e. The minimum atomic E-state index is -4.25. The molecule has 0 fully saturated rings. The lowest BCUT2D eigenvalue weighted by Crippen LogP contribution is -2.21. The van der Waals surface area contributed by atoms with Crippen molar-refractivity contribution in [3.05, 3.63) is 42.4 Å².